The fraction of sp³-hybridized carbons (Fsp3) is 0.267. The second-order valence-electron chi connectivity index (χ2n) is 5.21. The van der Waals surface area contributed by atoms with Crippen molar-refractivity contribution in [2.24, 2.45) is 0 Å². The zero-order valence-electron chi connectivity index (χ0n) is 14.1. The van der Waals surface area contributed by atoms with Crippen molar-refractivity contribution in [3.63, 3.8) is 0 Å². The lowest BCUT2D eigenvalue weighted by Gasteiger charge is -2.13. The Morgan fingerprint density at radius 3 is 2.58 bits per heavy atom. The normalized spacial score (nSPS) is 12.5. The molecular weight excluding hydrogens is 386 g/mol. The summed E-state index contributed by atoms with van der Waals surface area (Å²) in [6.45, 7) is 3.02. The third-order valence-electron chi connectivity index (χ3n) is 3.26. The molecule has 1 aromatic heterocycles. The van der Waals surface area contributed by atoms with Gasteiger partial charge in [-0.05, 0) is 39.1 Å². The van der Waals surface area contributed by atoms with Gasteiger partial charge in [-0.15, -0.1) is 0 Å². The van der Waals surface area contributed by atoms with Gasteiger partial charge in [0.15, 0.2) is 11.9 Å². The summed E-state index contributed by atoms with van der Waals surface area (Å²) in [4.78, 5) is 23.9. The number of halogens is 1. The molecule has 0 spiro atoms. The molecule has 1 amide bonds. The molecule has 2 N–H and O–H groups in total. The summed E-state index contributed by atoms with van der Waals surface area (Å²) in [5.74, 6) is -0.814. The van der Waals surface area contributed by atoms with Crippen molar-refractivity contribution in [3.8, 4) is 0 Å². The van der Waals surface area contributed by atoms with Crippen LogP contribution in [-0.4, -0.2) is 38.6 Å². The lowest BCUT2D eigenvalue weighted by atomic mass is 10.2. The van der Waals surface area contributed by atoms with E-state index < -0.39 is 28.0 Å². The summed E-state index contributed by atoms with van der Waals surface area (Å²) in [7, 11) is -2.64. The Bertz CT molecular complexity index is 941. The SMILES string of the molecule is CNS(=O)(=O)c1cc(C(=O)O[C@H](C)C(=O)Nc2cc(C)on2)ccc1Cl. The van der Waals surface area contributed by atoms with E-state index in [-0.39, 0.29) is 21.3 Å². The van der Waals surface area contributed by atoms with E-state index in [2.05, 4.69) is 15.2 Å². The number of carbonyl (C=O) groups is 2. The van der Waals surface area contributed by atoms with E-state index in [1.54, 1.807) is 6.92 Å². The average molecular weight is 402 g/mol. The molecule has 0 saturated heterocycles. The molecule has 0 aliphatic rings. The van der Waals surface area contributed by atoms with Gasteiger partial charge in [-0.3, -0.25) is 4.79 Å². The number of nitrogens with one attached hydrogen (secondary N) is 2. The first-order valence-corrected chi connectivity index (χ1v) is 9.18. The van der Waals surface area contributed by atoms with Crippen LogP contribution in [0.1, 0.15) is 23.0 Å². The Balaban J connectivity index is 2.11. The Morgan fingerprint density at radius 2 is 2.00 bits per heavy atom. The average Bonchev–Trinajstić information content (AvgIpc) is 2.99. The van der Waals surface area contributed by atoms with Crippen LogP contribution in [0.15, 0.2) is 33.7 Å². The molecule has 140 valence electrons. The molecular formula is C15H16ClN3O6S. The number of carbonyl (C=O) groups excluding carboxylic acids is 2. The van der Waals surface area contributed by atoms with Crippen LogP contribution in [-0.2, 0) is 19.6 Å². The largest absolute Gasteiger partial charge is 0.449 e. The summed E-state index contributed by atoms with van der Waals surface area (Å²) in [6.07, 6.45) is -1.15. The highest BCUT2D eigenvalue weighted by molar-refractivity contribution is 7.89. The standard InChI is InChI=1S/C15H16ClN3O6S/c1-8-6-13(19-25-8)18-14(20)9(2)24-15(21)10-4-5-11(16)12(7-10)26(22,23)17-3/h4-7,9,17H,1-3H3,(H,18,19,20)/t9-/m1/s1. The van der Waals surface area contributed by atoms with E-state index in [0.717, 1.165) is 6.07 Å². The van der Waals surface area contributed by atoms with Crippen molar-refractivity contribution < 1.29 is 27.3 Å². The first kappa shape index (κ1) is 19.9. The van der Waals surface area contributed by atoms with Gasteiger partial charge in [0.2, 0.25) is 10.0 Å². The Labute approximate surface area is 154 Å². The third-order valence-corrected chi connectivity index (χ3v) is 5.15. The van der Waals surface area contributed by atoms with Gasteiger partial charge in [0.1, 0.15) is 10.7 Å². The summed E-state index contributed by atoms with van der Waals surface area (Å²) in [6, 6.07) is 5.12. The summed E-state index contributed by atoms with van der Waals surface area (Å²) >= 11 is 5.86. The number of aryl methyl sites for hydroxylation is 1. The zero-order valence-corrected chi connectivity index (χ0v) is 15.6. The molecule has 9 nitrogen and oxygen atoms in total. The molecule has 11 heteroatoms. The van der Waals surface area contributed by atoms with E-state index in [4.69, 9.17) is 20.9 Å². The van der Waals surface area contributed by atoms with Crippen molar-refractivity contribution in [2.75, 3.05) is 12.4 Å². The van der Waals surface area contributed by atoms with Crippen LogP contribution in [0, 0.1) is 6.92 Å². The molecule has 2 rings (SSSR count). The second-order valence-corrected chi connectivity index (χ2v) is 7.47. The van der Waals surface area contributed by atoms with Gasteiger partial charge >= 0.3 is 5.97 Å². The van der Waals surface area contributed by atoms with E-state index in [0.29, 0.717) is 5.76 Å². The second kappa shape index (κ2) is 7.85. The number of hydrogen-bond acceptors (Lipinski definition) is 7. The highest BCUT2D eigenvalue weighted by Gasteiger charge is 2.23. The number of ether oxygens (including phenoxy) is 1. The number of aromatic nitrogens is 1. The topological polar surface area (TPSA) is 128 Å². The highest BCUT2D eigenvalue weighted by Crippen LogP contribution is 2.23. The summed E-state index contributed by atoms with van der Waals surface area (Å²) < 4.78 is 35.8. The molecule has 1 atom stereocenters. The van der Waals surface area contributed by atoms with Crippen LogP contribution < -0.4 is 10.0 Å². The van der Waals surface area contributed by atoms with Crippen LogP contribution >= 0.6 is 11.6 Å². The number of benzene rings is 1. The Hall–Kier alpha value is -2.43. The van der Waals surface area contributed by atoms with E-state index >= 15 is 0 Å². The number of hydrogen-bond donors (Lipinski definition) is 2. The molecule has 26 heavy (non-hydrogen) atoms. The van der Waals surface area contributed by atoms with Crippen molar-refractivity contribution in [1.82, 2.24) is 9.88 Å². The minimum absolute atomic E-state index is 0.0527. The monoisotopic (exact) mass is 401 g/mol. The molecule has 0 radical (unpaired) electrons. The molecule has 2 aromatic rings. The fourth-order valence-corrected chi connectivity index (χ4v) is 3.13. The van der Waals surface area contributed by atoms with E-state index in [1.807, 2.05) is 0 Å². The summed E-state index contributed by atoms with van der Waals surface area (Å²) in [5.41, 5.74) is -0.0693. The minimum Gasteiger partial charge on any atom is -0.449 e. The van der Waals surface area contributed by atoms with Crippen LogP contribution in [0.5, 0.6) is 0 Å². The fourth-order valence-electron chi connectivity index (χ4n) is 1.88. The van der Waals surface area contributed by atoms with Crippen LogP contribution in [0.2, 0.25) is 5.02 Å². The first-order valence-electron chi connectivity index (χ1n) is 7.32. The van der Waals surface area contributed by atoms with Gasteiger partial charge in [-0.1, -0.05) is 16.8 Å². The quantitative estimate of drug-likeness (QED) is 0.705. The maximum atomic E-state index is 12.2. The molecule has 0 aliphatic carbocycles. The number of sulfonamides is 1. The van der Waals surface area contributed by atoms with E-state index in [9.17, 15) is 18.0 Å². The predicted octanol–water partition coefficient (Wildman–Crippen LogP) is 1.73. The van der Waals surface area contributed by atoms with Crippen LogP contribution in [0.3, 0.4) is 0 Å². The minimum atomic E-state index is -3.86. The molecule has 0 unspecified atom stereocenters. The number of amides is 1. The van der Waals surface area contributed by atoms with Crippen molar-refractivity contribution >= 4 is 39.3 Å². The number of rotatable bonds is 6. The van der Waals surface area contributed by atoms with Crippen LogP contribution in [0.25, 0.3) is 0 Å². The predicted molar refractivity (Wildman–Crippen MR) is 92.4 cm³/mol. The van der Waals surface area contributed by atoms with Crippen molar-refractivity contribution in [1.29, 1.82) is 0 Å². The lowest BCUT2D eigenvalue weighted by Crippen LogP contribution is -2.30. The number of esters is 1. The summed E-state index contributed by atoms with van der Waals surface area (Å²) in [5, 5.41) is 5.97. The number of nitrogens with zero attached hydrogens (tertiary/aromatic N) is 1. The van der Waals surface area contributed by atoms with Gasteiger partial charge in [-0.2, -0.15) is 0 Å². The Morgan fingerprint density at radius 1 is 1.31 bits per heavy atom. The lowest BCUT2D eigenvalue weighted by molar-refractivity contribution is -0.123. The van der Waals surface area contributed by atoms with Crippen LogP contribution in [0.4, 0.5) is 5.82 Å². The molecule has 1 aromatic carbocycles. The molecule has 0 fully saturated rings. The van der Waals surface area contributed by atoms with Gasteiger partial charge in [-0.25, -0.2) is 17.9 Å². The molecule has 1 heterocycles. The van der Waals surface area contributed by atoms with Gasteiger partial charge in [0, 0.05) is 6.07 Å². The maximum absolute atomic E-state index is 12.2. The van der Waals surface area contributed by atoms with E-state index in [1.165, 1.54) is 32.2 Å². The maximum Gasteiger partial charge on any atom is 0.338 e. The molecule has 0 aliphatic heterocycles. The van der Waals surface area contributed by atoms with Crippen molar-refractivity contribution in [3.05, 3.63) is 40.6 Å². The first-order chi connectivity index (χ1) is 12.1. The van der Waals surface area contributed by atoms with Gasteiger partial charge < -0.3 is 14.6 Å². The Kier molecular flexibility index (Phi) is 6.01. The molecule has 0 saturated carbocycles. The zero-order chi connectivity index (χ0) is 19.5. The van der Waals surface area contributed by atoms with Gasteiger partial charge in [0.05, 0.1) is 10.6 Å². The third kappa shape index (κ3) is 4.59. The van der Waals surface area contributed by atoms with Crippen molar-refractivity contribution in [2.45, 2.75) is 24.8 Å². The number of anilines is 1. The smallest absolute Gasteiger partial charge is 0.338 e. The van der Waals surface area contributed by atoms with Gasteiger partial charge in [0.25, 0.3) is 5.91 Å². The molecule has 0 bridgehead atoms. The highest BCUT2D eigenvalue weighted by atomic mass is 35.5.